The van der Waals surface area contributed by atoms with Crippen molar-refractivity contribution in [2.24, 2.45) is 0 Å². The monoisotopic (exact) mass is 149 g/mol. The standard InChI is InChI=1S/C8H11N3/c1-2-5-9-8(4-1)11-7-3-6-10-11/h1-2,4-5,10H,3,6-7H2. The second kappa shape index (κ2) is 2.88. The van der Waals surface area contributed by atoms with Crippen LogP contribution in [0.1, 0.15) is 6.42 Å². The summed E-state index contributed by atoms with van der Waals surface area (Å²) in [5.41, 5.74) is 3.24. The van der Waals surface area contributed by atoms with Crippen molar-refractivity contribution in [2.45, 2.75) is 6.42 Å². The quantitative estimate of drug-likeness (QED) is 0.640. The summed E-state index contributed by atoms with van der Waals surface area (Å²) in [5, 5.41) is 2.08. The highest BCUT2D eigenvalue weighted by Gasteiger charge is 2.11. The fraction of sp³-hybridized carbons (Fsp3) is 0.375. The molecular weight excluding hydrogens is 138 g/mol. The molecule has 1 aliphatic heterocycles. The Morgan fingerprint density at radius 2 is 2.45 bits per heavy atom. The fourth-order valence-electron chi connectivity index (χ4n) is 1.24. The molecule has 0 saturated carbocycles. The van der Waals surface area contributed by atoms with Crippen LogP contribution in [0.5, 0.6) is 0 Å². The molecular formula is C8H11N3. The predicted molar refractivity (Wildman–Crippen MR) is 44.2 cm³/mol. The number of hydrogen-bond donors (Lipinski definition) is 1. The van der Waals surface area contributed by atoms with Gasteiger partial charge >= 0.3 is 0 Å². The van der Waals surface area contributed by atoms with E-state index in [0.717, 1.165) is 18.9 Å². The molecule has 3 heteroatoms. The zero-order valence-electron chi connectivity index (χ0n) is 6.33. The minimum absolute atomic E-state index is 1.02. The van der Waals surface area contributed by atoms with Crippen molar-refractivity contribution in [1.29, 1.82) is 0 Å². The molecule has 0 spiro atoms. The van der Waals surface area contributed by atoms with Crippen molar-refractivity contribution in [3.05, 3.63) is 24.4 Å². The zero-order valence-corrected chi connectivity index (χ0v) is 6.33. The van der Waals surface area contributed by atoms with E-state index in [2.05, 4.69) is 15.4 Å². The molecule has 0 atom stereocenters. The maximum atomic E-state index is 4.22. The first-order chi connectivity index (χ1) is 5.47. The van der Waals surface area contributed by atoms with Crippen molar-refractivity contribution < 1.29 is 0 Å². The molecule has 0 unspecified atom stereocenters. The van der Waals surface area contributed by atoms with Crippen LogP contribution in [-0.4, -0.2) is 18.1 Å². The summed E-state index contributed by atoms with van der Waals surface area (Å²) in [6, 6.07) is 5.94. The molecule has 0 radical (unpaired) electrons. The smallest absolute Gasteiger partial charge is 0.142 e. The molecule has 11 heavy (non-hydrogen) atoms. The summed E-state index contributed by atoms with van der Waals surface area (Å²) in [6.07, 6.45) is 3.02. The van der Waals surface area contributed by atoms with E-state index in [1.54, 1.807) is 0 Å². The number of pyridine rings is 1. The lowest BCUT2D eigenvalue weighted by Gasteiger charge is -2.15. The highest BCUT2D eigenvalue weighted by Crippen LogP contribution is 2.09. The second-order valence-electron chi connectivity index (χ2n) is 2.60. The van der Waals surface area contributed by atoms with E-state index in [0.29, 0.717) is 0 Å². The molecule has 1 aromatic heterocycles. The maximum absolute atomic E-state index is 4.22. The van der Waals surface area contributed by atoms with Crippen LogP contribution in [0.4, 0.5) is 5.82 Å². The molecule has 1 saturated heterocycles. The normalized spacial score (nSPS) is 17.3. The van der Waals surface area contributed by atoms with Crippen LogP contribution in [0.2, 0.25) is 0 Å². The Bertz CT molecular complexity index is 216. The topological polar surface area (TPSA) is 28.2 Å². The number of rotatable bonds is 1. The summed E-state index contributed by atoms with van der Waals surface area (Å²) in [6.45, 7) is 2.13. The lowest BCUT2D eigenvalue weighted by atomic mass is 10.4. The molecule has 1 aliphatic rings. The average Bonchev–Trinajstić information content (AvgIpc) is 2.58. The Hall–Kier alpha value is -1.09. The number of hydrazine groups is 1. The van der Waals surface area contributed by atoms with Gasteiger partial charge in [0, 0.05) is 19.3 Å². The van der Waals surface area contributed by atoms with Gasteiger partial charge in [-0.15, -0.1) is 0 Å². The third-order valence-corrected chi connectivity index (χ3v) is 1.79. The molecule has 0 bridgehead atoms. The second-order valence-corrected chi connectivity index (χ2v) is 2.60. The third-order valence-electron chi connectivity index (χ3n) is 1.79. The van der Waals surface area contributed by atoms with Crippen LogP contribution in [-0.2, 0) is 0 Å². The SMILES string of the molecule is c1ccc(N2CCCN2)nc1. The van der Waals surface area contributed by atoms with Crippen molar-refractivity contribution in [1.82, 2.24) is 10.4 Å². The van der Waals surface area contributed by atoms with Gasteiger partial charge in [0.1, 0.15) is 5.82 Å². The van der Waals surface area contributed by atoms with Gasteiger partial charge in [0.25, 0.3) is 0 Å². The van der Waals surface area contributed by atoms with Crippen molar-refractivity contribution >= 4 is 5.82 Å². The Morgan fingerprint density at radius 1 is 1.45 bits per heavy atom. The molecule has 1 fully saturated rings. The largest absolute Gasteiger partial charge is 0.292 e. The van der Waals surface area contributed by atoms with Gasteiger partial charge in [0.05, 0.1) is 0 Å². The first-order valence-corrected chi connectivity index (χ1v) is 3.89. The first-order valence-electron chi connectivity index (χ1n) is 3.89. The lowest BCUT2D eigenvalue weighted by Crippen LogP contribution is -2.30. The van der Waals surface area contributed by atoms with E-state index in [-0.39, 0.29) is 0 Å². The van der Waals surface area contributed by atoms with E-state index in [1.165, 1.54) is 6.42 Å². The van der Waals surface area contributed by atoms with Crippen LogP contribution >= 0.6 is 0 Å². The summed E-state index contributed by atoms with van der Waals surface area (Å²) in [7, 11) is 0. The minimum atomic E-state index is 1.02. The highest BCUT2D eigenvalue weighted by molar-refractivity contribution is 5.36. The Morgan fingerprint density at radius 3 is 3.09 bits per heavy atom. The molecule has 1 N–H and O–H groups in total. The van der Waals surface area contributed by atoms with Gasteiger partial charge in [-0.25, -0.2) is 10.4 Å². The number of nitrogens with zero attached hydrogens (tertiary/aromatic N) is 2. The molecule has 0 aromatic carbocycles. The predicted octanol–water partition coefficient (Wildman–Crippen LogP) is 0.796. The van der Waals surface area contributed by atoms with Gasteiger partial charge in [-0.05, 0) is 18.6 Å². The van der Waals surface area contributed by atoms with Gasteiger partial charge in [-0.2, -0.15) is 0 Å². The van der Waals surface area contributed by atoms with Crippen molar-refractivity contribution in [3.8, 4) is 0 Å². The van der Waals surface area contributed by atoms with E-state index in [4.69, 9.17) is 0 Å². The summed E-state index contributed by atoms with van der Waals surface area (Å²) in [4.78, 5) is 4.22. The maximum Gasteiger partial charge on any atom is 0.142 e. The van der Waals surface area contributed by atoms with Crippen LogP contribution in [0.25, 0.3) is 0 Å². The number of hydrogen-bond acceptors (Lipinski definition) is 3. The van der Waals surface area contributed by atoms with Gasteiger partial charge in [0.2, 0.25) is 0 Å². The Labute approximate surface area is 66.0 Å². The number of aromatic nitrogens is 1. The molecule has 2 heterocycles. The van der Waals surface area contributed by atoms with Crippen molar-refractivity contribution in [3.63, 3.8) is 0 Å². The summed E-state index contributed by atoms with van der Waals surface area (Å²) < 4.78 is 0. The average molecular weight is 149 g/mol. The molecule has 2 rings (SSSR count). The molecule has 1 aromatic rings. The number of nitrogens with one attached hydrogen (secondary N) is 1. The van der Waals surface area contributed by atoms with Crippen LogP contribution < -0.4 is 10.4 Å². The van der Waals surface area contributed by atoms with Gasteiger partial charge in [-0.3, -0.25) is 5.01 Å². The minimum Gasteiger partial charge on any atom is -0.292 e. The Kier molecular flexibility index (Phi) is 1.73. The van der Waals surface area contributed by atoms with E-state index in [1.807, 2.05) is 24.4 Å². The van der Waals surface area contributed by atoms with E-state index in [9.17, 15) is 0 Å². The fourth-order valence-corrected chi connectivity index (χ4v) is 1.24. The molecule has 58 valence electrons. The molecule has 0 amide bonds. The van der Waals surface area contributed by atoms with Crippen molar-refractivity contribution in [2.75, 3.05) is 18.1 Å². The van der Waals surface area contributed by atoms with Gasteiger partial charge < -0.3 is 0 Å². The van der Waals surface area contributed by atoms with Crippen LogP contribution in [0.15, 0.2) is 24.4 Å². The van der Waals surface area contributed by atoms with E-state index >= 15 is 0 Å². The van der Waals surface area contributed by atoms with Gasteiger partial charge in [0.15, 0.2) is 0 Å². The van der Waals surface area contributed by atoms with Crippen LogP contribution in [0.3, 0.4) is 0 Å². The van der Waals surface area contributed by atoms with Gasteiger partial charge in [-0.1, -0.05) is 6.07 Å². The summed E-state index contributed by atoms with van der Waals surface area (Å²) >= 11 is 0. The molecule has 0 aliphatic carbocycles. The molecule has 3 nitrogen and oxygen atoms in total. The first kappa shape index (κ1) is 6.61. The van der Waals surface area contributed by atoms with Crippen LogP contribution in [0, 0.1) is 0 Å². The summed E-state index contributed by atoms with van der Waals surface area (Å²) in [5.74, 6) is 1.02. The number of anilines is 1. The van der Waals surface area contributed by atoms with E-state index < -0.39 is 0 Å². The lowest BCUT2D eigenvalue weighted by molar-refractivity contribution is 0.773. The highest BCUT2D eigenvalue weighted by atomic mass is 15.5. The Balaban J connectivity index is 2.16. The third kappa shape index (κ3) is 1.33. The zero-order chi connectivity index (χ0) is 7.52.